The first-order valence-electron chi connectivity index (χ1n) is 6.87. The lowest BCUT2D eigenvalue weighted by Gasteiger charge is -2.26. The summed E-state index contributed by atoms with van der Waals surface area (Å²) in [6.45, 7) is 2.73. The van der Waals surface area contributed by atoms with Gasteiger partial charge < -0.3 is 10.5 Å². The quantitative estimate of drug-likeness (QED) is 0.900. The molecule has 0 aliphatic heterocycles. The minimum Gasteiger partial charge on any atom is -0.491 e. The van der Waals surface area contributed by atoms with Crippen molar-refractivity contribution in [3.63, 3.8) is 0 Å². The van der Waals surface area contributed by atoms with Gasteiger partial charge >= 0.3 is 0 Å². The van der Waals surface area contributed by atoms with Crippen molar-refractivity contribution in [3.8, 4) is 17.0 Å². The highest BCUT2D eigenvalue weighted by atomic mass is 35.5. The number of aromatic nitrogens is 2. The fourth-order valence-electron chi connectivity index (χ4n) is 2.41. The molecular formula is C15H18ClN3O. The van der Waals surface area contributed by atoms with Crippen molar-refractivity contribution in [1.29, 1.82) is 0 Å². The summed E-state index contributed by atoms with van der Waals surface area (Å²) >= 11 is 6.35. The summed E-state index contributed by atoms with van der Waals surface area (Å²) in [6.07, 6.45) is 3.80. The number of nitrogens with zero attached hydrogens (tertiary/aromatic N) is 1. The van der Waals surface area contributed by atoms with Crippen LogP contribution in [0, 0.1) is 12.8 Å². The third-order valence-electron chi connectivity index (χ3n) is 3.76. The molecule has 106 valence electrons. The van der Waals surface area contributed by atoms with Crippen molar-refractivity contribution in [3.05, 3.63) is 28.8 Å². The van der Waals surface area contributed by atoms with Crippen LogP contribution in [0.4, 0.5) is 5.82 Å². The van der Waals surface area contributed by atoms with Gasteiger partial charge in [0.1, 0.15) is 11.6 Å². The van der Waals surface area contributed by atoms with Gasteiger partial charge in [0.15, 0.2) is 0 Å². The standard InChI is InChI=1S/C15H18ClN3O/c1-9-5-11(13-7-14(17)19-18-13)15(12(16)6-9)20-8-10-3-2-4-10/h5-7,10H,2-4,8H2,1H3,(H3,17,18,19). The molecule has 0 radical (unpaired) electrons. The van der Waals surface area contributed by atoms with Crippen molar-refractivity contribution >= 4 is 17.4 Å². The second kappa shape index (κ2) is 5.37. The zero-order valence-electron chi connectivity index (χ0n) is 11.4. The molecule has 0 amide bonds. The Bertz CT molecular complexity index is 620. The molecule has 1 fully saturated rings. The van der Waals surface area contributed by atoms with Crippen LogP contribution in [0.3, 0.4) is 0 Å². The Balaban J connectivity index is 1.93. The highest BCUT2D eigenvalue weighted by molar-refractivity contribution is 6.32. The molecule has 1 aliphatic carbocycles. The lowest BCUT2D eigenvalue weighted by atomic mass is 9.86. The maximum absolute atomic E-state index is 6.35. The first kappa shape index (κ1) is 13.3. The first-order chi connectivity index (χ1) is 9.63. The Morgan fingerprint density at radius 3 is 2.80 bits per heavy atom. The normalized spacial score (nSPS) is 15.1. The van der Waals surface area contributed by atoms with Crippen LogP contribution in [0.25, 0.3) is 11.3 Å². The summed E-state index contributed by atoms with van der Waals surface area (Å²) in [4.78, 5) is 0. The number of halogens is 1. The van der Waals surface area contributed by atoms with Crippen molar-refractivity contribution in [2.75, 3.05) is 12.3 Å². The van der Waals surface area contributed by atoms with E-state index in [0.29, 0.717) is 22.5 Å². The SMILES string of the molecule is Cc1cc(Cl)c(OCC2CCC2)c(-c2cc(N)n[nH]2)c1. The van der Waals surface area contributed by atoms with Gasteiger partial charge in [0.2, 0.25) is 0 Å². The fraction of sp³-hybridized carbons (Fsp3) is 0.400. The summed E-state index contributed by atoms with van der Waals surface area (Å²) in [5.74, 6) is 1.84. The van der Waals surface area contributed by atoms with E-state index in [1.807, 2.05) is 19.1 Å². The van der Waals surface area contributed by atoms with Crippen LogP contribution in [0.1, 0.15) is 24.8 Å². The van der Waals surface area contributed by atoms with Gasteiger partial charge in [0.25, 0.3) is 0 Å². The molecule has 1 saturated carbocycles. The van der Waals surface area contributed by atoms with Crippen molar-refractivity contribution in [2.24, 2.45) is 5.92 Å². The van der Waals surface area contributed by atoms with E-state index in [1.54, 1.807) is 6.07 Å². The Labute approximate surface area is 123 Å². The van der Waals surface area contributed by atoms with E-state index in [1.165, 1.54) is 19.3 Å². The molecule has 0 bridgehead atoms. The van der Waals surface area contributed by atoms with Crippen LogP contribution in [0.5, 0.6) is 5.75 Å². The Kier molecular flexibility index (Phi) is 3.57. The number of nitrogen functional groups attached to an aromatic ring is 1. The van der Waals surface area contributed by atoms with Gasteiger partial charge in [-0.2, -0.15) is 5.10 Å². The predicted octanol–water partition coefficient (Wildman–Crippen LogP) is 3.80. The number of hydrogen-bond acceptors (Lipinski definition) is 3. The molecule has 4 nitrogen and oxygen atoms in total. The Morgan fingerprint density at radius 1 is 1.40 bits per heavy atom. The van der Waals surface area contributed by atoms with E-state index in [-0.39, 0.29) is 0 Å². The number of aromatic amines is 1. The van der Waals surface area contributed by atoms with Crippen molar-refractivity contribution in [1.82, 2.24) is 10.2 Å². The number of ether oxygens (including phenoxy) is 1. The molecule has 2 aromatic rings. The van der Waals surface area contributed by atoms with Gasteiger partial charge in [-0.25, -0.2) is 0 Å². The van der Waals surface area contributed by atoms with Crippen molar-refractivity contribution in [2.45, 2.75) is 26.2 Å². The molecule has 1 aromatic heterocycles. The Morgan fingerprint density at radius 2 is 2.20 bits per heavy atom. The van der Waals surface area contributed by atoms with E-state index in [2.05, 4.69) is 10.2 Å². The van der Waals surface area contributed by atoms with Crippen LogP contribution < -0.4 is 10.5 Å². The van der Waals surface area contributed by atoms with Gasteiger partial charge in [-0.1, -0.05) is 18.0 Å². The highest BCUT2D eigenvalue weighted by Crippen LogP contribution is 2.38. The molecule has 0 unspecified atom stereocenters. The summed E-state index contributed by atoms with van der Waals surface area (Å²) in [7, 11) is 0. The molecule has 0 saturated heterocycles. The highest BCUT2D eigenvalue weighted by Gasteiger charge is 2.20. The third kappa shape index (κ3) is 2.61. The molecule has 3 rings (SSSR count). The molecular weight excluding hydrogens is 274 g/mol. The topological polar surface area (TPSA) is 63.9 Å². The van der Waals surface area contributed by atoms with Gasteiger partial charge in [0.05, 0.1) is 17.3 Å². The average Bonchev–Trinajstić information content (AvgIpc) is 2.75. The predicted molar refractivity (Wildman–Crippen MR) is 81.0 cm³/mol. The maximum atomic E-state index is 6.35. The number of nitrogens with two attached hydrogens (primary N) is 1. The van der Waals surface area contributed by atoms with Crippen molar-refractivity contribution < 1.29 is 4.74 Å². The number of anilines is 1. The lowest BCUT2D eigenvalue weighted by Crippen LogP contribution is -2.19. The fourth-order valence-corrected chi connectivity index (χ4v) is 2.74. The summed E-state index contributed by atoms with van der Waals surface area (Å²) in [5, 5.41) is 7.52. The van der Waals surface area contributed by atoms with Gasteiger partial charge in [-0.3, -0.25) is 5.10 Å². The second-order valence-corrected chi connectivity index (χ2v) is 5.85. The second-order valence-electron chi connectivity index (χ2n) is 5.44. The van der Waals surface area contributed by atoms with E-state index < -0.39 is 0 Å². The molecule has 0 atom stereocenters. The molecule has 20 heavy (non-hydrogen) atoms. The molecule has 1 aromatic carbocycles. The maximum Gasteiger partial charge on any atom is 0.147 e. The summed E-state index contributed by atoms with van der Waals surface area (Å²) in [6, 6.07) is 5.75. The third-order valence-corrected chi connectivity index (χ3v) is 4.04. The first-order valence-corrected chi connectivity index (χ1v) is 7.25. The monoisotopic (exact) mass is 291 g/mol. The molecule has 0 spiro atoms. The van der Waals surface area contributed by atoms with Gasteiger partial charge in [-0.15, -0.1) is 0 Å². The number of hydrogen-bond donors (Lipinski definition) is 2. The van der Waals surface area contributed by atoms with Crippen LogP contribution in [0.15, 0.2) is 18.2 Å². The number of rotatable bonds is 4. The number of aryl methyl sites for hydroxylation is 1. The zero-order chi connectivity index (χ0) is 14.1. The van der Waals surface area contributed by atoms with Crippen LogP contribution >= 0.6 is 11.6 Å². The minimum atomic E-state index is 0.461. The number of benzene rings is 1. The summed E-state index contributed by atoms with van der Waals surface area (Å²) in [5.41, 5.74) is 8.50. The van der Waals surface area contributed by atoms with E-state index in [4.69, 9.17) is 22.1 Å². The number of nitrogens with one attached hydrogen (secondary N) is 1. The molecule has 1 heterocycles. The lowest BCUT2D eigenvalue weighted by molar-refractivity contribution is 0.181. The number of H-pyrrole nitrogens is 1. The zero-order valence-corrected chi connectivity index (χ0v) is 12.2. The largest absolute Gasteiger partial charge is 0.491 e. The minimum absolute atomic E-state index is 0.461. The van der Waals surface area contributed by atoms with Gasteiger partial charge in [0, 0.05) is 11.6 Å². The summed E-state index contributed by atoms with van der Waals surface area (Å²) < 4.78 is 5.97. The Hall–Kier alpha value is -1.68. The molecule has 3 N–H and O–H groups in total. The molecule has 5 heteroatoms. The molecule has 1 aliphatic rings. The van der Waals surface area contributed by atoms with E-state index in [9.17, 15) is 0 Å². The van der Waals surface area contributed by atoms with Crippen LogP contribution in [0.2, 0.25) is 5.02 Å². The van der Waals surface area contributed by atoms with E-state index in [0.717, 1.165) is 23.4 Å². The smallest absolute Gasteiger partial charge is 0.147 e. The average molecular weight is 292 g/mol. The van der Waals surface area contributed by atoms with Crippen LogP contribution in [-0.4, -0.2) is 16.8 Å². The van der Waals surface area contributed by atoms with E-state index >= 15 is 0 Å². The van der Waals surface area contributed by atoms with Crippen LogP contribution in [-0.2, 0) is 0 Å². The van der Waals surface area contributed by atoms with Gasteiger partial charge in [-0.05, 0) is 43.4 Å².